The van der Waals surface area contributed by atoms with Crippen molar-refractivity contribution in [2.24, 2.45) is 0 Å². The Morgan fingerprint density at radius 3 is 2.53 bits per heavy atom. The number of aryl methyl sites for hydroxylation is 1. The molecule has 0 spiro atoms. The Balaban J connectivity index is 2.17. The highest BCUT2D eigenvalue weighted by atomic mass is 16.3. The monoisotopic (exact) mass is 258 g/mol. The molecule has 3 nitrogen and oxygen atoms in total. The molecule has 1 unspecified atom stereocenters. The Bertz CT molecular complexity index is 498. The summed E-state index contributed by atoms with van der Waals surface area (Å²) >= 11 is 0. The summed E-state index contributed by atoms with van der Waals surface area (Å²) in [5.74, 6) is 0.978. The summed E-state index contributed by atoms with van der Waals surface area (Å²) in [6.07, 6.45) is 5.03. The third kappa shape index (κ3) is 3.24. The third-order valence-electron chi connectivity index (χ3n) is 3.50. The van der Waals surface area contributed by atoms with Gasteiger partial charge in [0.1, 0.15) is 5.82 Å². The number of benzene rings is 1. The number of aromatic nitrogens is 2. The second-order valence-electron chi connectivity index (χ2n) is 4.92. The van der Waals surface area contributed by atoms with Crippen LogP contribution in [-0.4, -0.2) is 21.7 Å². The van der Waals surface area contributed by atoms with Gasteiger partial charge in [0.25, 0.3) is 0 Å². The van der Waals surface area contributed by atoms with E-state index in [1.807, 2.05) is 6.20 Å². The van der Waals surface area contributed by atoms with Gasteiger partial charge >= 0.3 is 0 Å². The van der Waals surface area contributed by atoms with Gasteiger partial charge in [0.05, 0.1) is 18.5 Å². The number of hydrogen-bond acceptors (Lipinski definition) is 2. The normalized spacial score (nSPS) is 12.6. The lowest BCUT2D eigenvalue weighted by atomic mass is 10.1. The molecule has 0 saturated carbocycles. The lowest BCUT2D eigenvalue weighted by molar-refractivity contribution is 0.258. The highest BCUT2D eigenvalue weighted by Gasteiger charge is 2.12. The van der Waals surface area contributed by atoms with E-state index in [1.165, 1.54) is 12.0 Å². The number of aromatic amines is 1. The van der Waals surface area contributed by atoms with Crippen LogP contribution in [0, 0.1) is 0 Å². The van der Waals surface area contributed by atoms with Gasteiger partial charge in [0, 0.05) is 5.92 Å². The summed E-state index contributed by atoms with van der Waals surface area (Å²) in [5, 5.41) is 9.29. The zero-order chi connectivity index (χ0) is 13.7. The first kappa shape index (κ1) is 13.8. The molecule has 0 aliphatic rings. The zero-order valence-corrected chi connectivity index (χ0v) is 11.7. The van der Waals surface area contributed by atoms with E-state index in [-0.39, 0.29) is 12.5 Å². The average Bonchev–Trinajstić information content (AvgIpc) is 2.91. The van der Waals surface area contributed by atoms with Crippen LogP contribution in [0.5, 0.6) is 0 Å². The fourth-order valence-corrected chi connectivity index (χ4v) is 2.24. The Kier molecular flexibility index (Phi) is 4.74. The molecule has 0 aliphatic carbocycles. The van der Waals surface area contributed by atoms with E-state index in [4.69, 9.17) is 0 Å². The van der Waals surface area contributed by atoms with Crippen molar-refractivity contribution in [1.82, 2.24) is 9.97 Å². The molecule has 102 valence electrons. The number of H-pyrrole nitrogens is 1. The van der Waals surface area contributed by atoms with Gasteiger partial charge in [0.15, 0.2) is 0 Å². The number of aliphatic hydroxyl groups excluding tert-OH is 1. The topological polar surface area (TPSA) is 48.9 Å². The highest BCUT2D eigenvalue weighted by molar-refractivity contribution is 5.58. The highest BCUT2D eigenvalue weighted by Crippen LogP contribution is 2.22. The van der Waals surface area contributed by atoms with Gasteiger partial charge in [-0.3, -0.25) is 0 Å². The van der Waals surface area contributed by atoms with Crippen molar-refractivity contribution in [1.29, 1.82) is 0 Å². The summed E-state index contributed by atoms with van der Waals surface area (Å²) in [6, 6.07) is 8.59. The molecule has 1 atom stereocenters. The van der Waals surface area contributed by atoms with Gasteiger partial charge in [-0.1, -0.05) is 44.5 Å². The maximum Gasteiger partial charge on any atom is 0.111 e. The zero-order valence-electron chi connectivity index (χ0n) is 11.7. The summed E-state index contributed by atoms with van der Waals surface area (Å²) < 4.78 is 0. The van der Waals surface area contributed by atoms with Crippen LogP contribution in [0.4, 0.5) is 0 Å². The molecule has 0 fully saturated rings. The lowest BCUT2D eigenvalue weighted by Crippen LogP contribution is -2.04. The van der Waals surface area contributed by atoms with E-state index in [0.717, 1.165) is 29.9 Å². The number of imidazole rings is 1. The summed E-state index contributed by atoms with van der Waals surface area (Å²) in [6.45, 7) is 4.39. The first-order valence-electron chi connectivity index (χ1n) is 7.03. The van der Waals surface area contributed by atoms with Crippen LogP contribution in [0.25, 0.3) is 11.3 Å². The molecule has 0 aliphatic heterocycles. The van der Waals surface area contributed by atoms with Crippen molar-refractivity contribution in [2.75, 3.05) is 6.61 Å². The van der Waals surface area contributed by atoms with Crippen molar-refractivity contribution >= 4 is 0 Å². The molecular formula is C16H22N2O. The molecule has 2 N–H and O–H groups in total. The smallest absolute Gasteiger partial charge is 0.111 e. The van der Waals surface area contributed by atoms with E-state index < -0.39 is 0 Å². The molecular weight excluding hydrogens is 236 g/mol. The minimum atomic E-state index is 0.105. The van der Waals surface area contributed by atoms with Crippen molar-refractivity contribution < 1.29 is 5.11 Å². The standard InChI is InChI=1S/C16H22N2O/c1-3-5-12-6-8-14(9-7-12)15-10-17-16(18-15)13(4-2)11-19/h6-10,13,19H,3-5,11H2,1-2H3,(H,17,18). The molecule has 2 aromatic rings. The molecule has 2 rings (SSSR count). The number of nitrogens with zero attached hydrogens (tertiary/aromatic N) is 1. The molecule has 0 radical (unpaired) electrons. The van der Waals surface area contributed by atoms with E-state index in [9.17, 15) is 5.11 Å². The van der Waals surface area contributed by atoms with Gasteiger partial charge in [-0.2, -0.15) is 0 Å². The number of hydrogen-bond donors (Lipinski definition) is 2. The number of nitrogens with one attached hydrogen (secondary N) is 1. The van der Waals surface area contributed by atoms with Crippen LogP contribution in [-0.2, 0) is 6.42 Å². The van der Waals surface area contributed by atoms with Crippen LogP contribution in [0.3, 0.4) is 0 Å². The van der Waals surface area contributed by atoms with Crippen LogP contribution >= 0.6 is 0 Å². The maximum atomic E-state index is 9.29. The Hall–Kier alpha value is -1.61. The van der Waals surface area contributed by atoms with Gasteiger partial charge in [-0.25, -0.2) is 4.98 Å². The molecule has 19 heavy (non-hydrogen) atoms. The molecule has 0 amide bonds. The first-order valence-corrected chi connectivity index (χ1v) is 7.03. The van der Waals surface area contributed by atoms with Crippen molar-refractivity contribution in [3.05, 3.63) is 41.9 Å². The first-order chi connectivity index (χ1) is 9.28. The minimum absolute atomic E-state index is 0.105. The molecule has 1 heterocycles. The average molecular weight is 258 g/mol. The second-order valence-corrected chi connectivity index (χ2v) is 4.92. The molecule has 1 aromatic carbocycles. The fraction of sp³-hybridized carbons (Fsp3) is 0.438. The number of rotatable bonds is 6. The summed E-state index contributed by atoms with van der Waals surface area (Å²) in [7, 11) is 0. The number of aliphatic hydroxyl groups is 1. The van der Waals surface area contributed by atoms with E-state index >= 15 is 0 Å². The van der Waals surface area contributed by atoms with Crippen LogP contribution in [0.1, 0.15) is 44.0 Å². The SMILES string of the molecule is CCCc1ccc(-c2cnc(C(CC)CO)[nH]2)cc1. The third-order valence-corrected chi connectivity index (χ3v) is 3.50. The molecule has 0 bridgehead atoms. The quantitative estimate of drug-likeness (QED) is 0.833. The Labute approximate surface area is 114 Å². The summed E-state index contributed by atoms with van der Waals surface area (Å²) in [5.41, 5.74) is 3.53. The van der Waals surface area contributed by atoms with Crippen LogP contribution < -0.4 is 0 Å². The Morgan fingerprint density at radius 2 is 1.95 bits per heavy atom. The Morgan fingerprint density at radius 1 is 1.21 bits per heavy atom. The van der Waals surface area contributed by atoms with Crippen molar-refractivity contribution in [3.63, 3.8) is 0 Å². The van der Waals surface area contributed by atoms with Gasteiger partial charge in [-0.15, -0.1) is 0 Å². The maximum absolute atomic E-state index is 9.29. The molecule has 1 aromatic heterocycles. The second kappa shape index (κ2) is 6.53. The van der Waals surface area contributed by atoms with Gasteiger partial charge < -0.3 is 10.1 Å². The predicted molar refractivity (Wildman–Crippen MR) is 78.1 cm³/mol. The lowest BCUT2D eigenvalue weighted by Gasteiger charge is -2.07. The minimum Gasteiger partial charge on any atom is -0.396 e. The fourth-order valence-electron chi connectivity index (χ4n) is 2.24. The van der Waals surface area contributed by atoms with E-state index in [2.05, 4.69) is 48.1 Å². The van der Waals surface area contributed by atoms with Crippen LogP contribution in [0.2, 0.25) is 0 Å². The van der Waals surface area contributed by atoms with E-state index in [1.54, 1.807) is 0 Å². The predicted octanol–water partition coefficient (Wildman–Crippen LogP) is 3.52. The molecule has 0 saturated heterocycles. The van der Waals surface area contributed by atoms with Crippen LogP contribution in [0.15, 0.2) is 30.5 Å². The van der Waals surface area contributed by atoms with Crippen molar-refractivity contribution in [3.8, 4) is 11.3 Å². The van der Waals surface area contributed by atoms with Gasteiger partial charge in [-0.05, 0) is 24.0 Å². The molecule has 3 heteroatoms. The van der Waals surface area contributed by atoms with E-state index in [0.29, 0.717) is 0 Å². The van der Waals surface area contributed by atoms with Crippen molar-refractivity contribution in [2.45, 2.75) is 39.0 Å². The van der Waals surface area contributed by atoms with Gasteiger partial charge in [0.2, 0.25) is 0 Å². The summed E-state index contributed by atoms with van der Waals surface area (Å²) in [4.78, 5) is 7.69. The largest absolute Gasteiger partial charge is 0.396 e.